The fourth-order valence-electron chi connectivity index (χ4n) is 1.98. The van der Waals surface area contributed by atoms with Crippen LogP contribution in [0.5, 0.6) is 11.5 Å². The molecule has 142 valence electrons. The summed E-state index contributed by atoms with van der Waals surface area (Å²) in [5, 5.41) is 3.12. The summed E-state index contributed by atoms with van der Waals surface area (Å²) in [7, 11) is 1.56. The van der Waals surface area contributed by atoms with Gasteiger partial charge in [-0.25, -0.2) is 4.99 Å². The fourth-order valence-corrected chi connectivity index (χ4v) is 2.56. The molecule has 0 amide bonds. The van der Waals surface area contributed by atoms with E-state index in [4.69, 9.17) is 33.7 Å². The van der Waals surface area contributed by atoms with Crippen LogP contribution in [-0.2, 0) is 6.54 Å². The van der Waals surface area contributed by atoms with Crippen LogP contribution in [0.4, 0.5) is 14.5 Å². The average molecular weight is 518 g/mol. The van der Waals surface area contributed by atoms with Crippen LogP contribution in [0, 0.1) is 0 Å². The summed E-state index contributed by atoms with van der Waals surface area (Å²) in [6.45, 7) is -3.06. The fraction of sp³-hybridized carbons (Fsp3) is 0.188. The van der Waals surface area contributed by atoms with E-state index in [9.17, 15) is 8.78 Å². The number of anilines is 1. The molecule has 0 saturated carbocycles. The molecule has 0 aliphatic heterocycles. The number of guanidine groups is 1. The van der Waals surface area contributed by atoms with Crippen LogP contribution in [-0.4, -0.2) is 19.7 Å². The lowest BCUT2D eigenvalue weighted by molar-refractivity contribution is -0.0503. The molecule has 0 aromatic heterocycles. The Bertz CT molecular complexity index is 762. The van der Waals surface area contributed by atoms with E-state index in [1.54, 1.807) is 31.4 Å². The number of nitrogens with one attached hydrogen (secondary N) is 1. The molecule has 0 atom stereocenters. The van der Waals surface area contributed by atoms with E-state index in [0.29, 0.717) is 11.4 Å². The third-order valence-corrected chi connectivity index (χ3v) is 3.57. The third kappa shape index (κ3) is 6.65. The summed E-state index contributed by atoms with van der Waals surface area (Å²) in [5.74, 6) is 0.606. The van der Waals surface area contributed by atoms with Crippen molar-refractivity contribution < 1.29 is 18.3 Å². The van der Waals surface area contributed by atoms with Crippen molar-refractivity contribution in [3.05, 3.63) is 52.0 Å². The van der Waals surface area contributed by atoms with E-state index >= 15 is 0 Å². The van der Waals surface area contributed by atoms with Gasteiger partial charge in [0.15, 0.2) is 5.96 Å². The van der Waals surface area contributed by atoms with Crippen LogP contribution in [0.3, 0.4) is 0 Å². The second-order valence-corrected chi connectivity index (χ2v) is 5.65. The van der Waals surface area contributed by atoms with Crippen LogP contribution in [0.25, 0.3) is 0 Å². The molecular weight excluding hydrogens is 502 g/mol. The van der Waals surface area contributed by atoms with Gasteiger partial charge in [0.2, 0.25) is 0 Å². The van der Waals surface area contributed by atoms with Crippen molar-refractivity contribution in [2.45, 2.75) is 13.2 Å². The number of rotatable bonds is 6. The minimum Gasteiger partial charge on any atom is -0.497 e. The maximum Gasteiger partial charge on any atom is 0.387 e. The number of hydrogen-bond donors (Lipinski definition) is 2. The van der Waals surface area contributed by atoms with Crippen molar-refractivity contribution in [1.29, 1.82) is 0 Å². The Labute approximate surface area is 176 Å². The second-order valence-electron chi connectivity index (χ2n) is 4.81. The van der Waals surface area contributed by atoms with Gasteiger partial charge in [-0.15, -0.1) is 24.0 Å². The molecule has 3 N–H and O–H groups in total. The summed E-state index contributed by atoms with van der Waals surface area (Å²) in [6, 6.07) is 9.76. The molecule has 0 bridgehead atoms. The van der Waals surface area contributed by atoms with Crippen LogP contribution in [0.1, 0.15) is 5.56 Å². The number of halogens is 5. The molecule has 10 heteroatoms. The number of benzene rings is 2. The normalized spacial score (nSPS) is 11.1. The van der Waals surface area contributed by atoms with Crippen molar-refractivity contribution in [2.24, 2.45) is 10.7 Å². The van der Waals surface area contributed by atoms with Crippen molar-refractivity contribution in [1.82, 2.24) is 0 Å². The molecule has 2 aromatic rings. The van der Waals surface area contributed by atoms with Gasteiger partial charge in [0, 0.05) is 16.3 Å². The van der Waals surface area contributed by atoms with Crippen LogP contribution in [0.2, 0.25) is 10.0 Å². The summed E-state index contributed by atoms with van der Waals surface area (Å²) in [6.07, 6.45) is 0. The lowest BCUT2D eigenvalue weighted by atomic mass is 10.2. The molecule has 26 heavy (non-hydrogen) atoms. The van der Waals surface area contributed by atoms with Gasteiger partial charge in [0.25, 0.3) is 0 Å². The van der Waals surface area contributed by atoms with E-state index < -0.39 is 6.61 Å². The quantitative estimate of drug-likeness (QED) is 0.316. The first kappa shape index (κ1) is 22.5. The molecule has 0 spiro atoms. The molecule has 0 aliphatic carbocycles. The molecule has 0 fully saturated rings. The average Bonchev–Trinajstić information content (AvgIpc) is 2.56. The minimum atomic E-state index is -3.02. The highest BCUT2D eigenvalue weighted by Crippen LogP contribution is 2.34. The highest BCUT2D eigenvalue weighted by atomic mass is 127. The molecule has 0 aliphatic rings. The smallest absolute Gasteiger partial charge is 0.387 e. The van der Waals surface area contributed by atoms with Gasteiger partial charge in [-0.3, -0.25) is 0 Å². The lowest BCUT2D eigenvalue weighted by Crippen LogP contribution is -2.22. The molecule has 0 radical (unpaired) electrons. The molecule has 2 rings (SSSR count). The van der Waals surface area contributed by atoms with Gasteiger partial charge in [-0.1, -0.05) is 23.2 Å². The van der Waals surface area contributed by atoms with Crippen molar-refractivity contribution in [3.63, 3.8) is 0 Å². The number of methoxy groups -OCH3 is 1. The van der Waals surface area contributed by atoms with Crippen LogP contribution >= 0.6 is 47.2 Å². The zero-order valence-corrected chi connectivity index (χ0v) is 17.4. The molecule has 5 nitrogen and oxygen atoms in total. The first-order valence-corrected chi connectivity index (χ1v) is 7.78. The maximum atomic E-state index is 12.5. The van der Waals surface area contributed by atoms with Crippen LogP contribution in [0.15, 0.2) is 41.4 Å². The minimum absolute atomic E-state index is 0. The standard InChI is InChI=1S/C16H15Cl2F2N3O2.HI/c1-24-12-4-2-11(3-5-12)23-16(21)22-8-9-6-10(17)7-13(18)14(9)25-15(19)20;/h2-7,15H,8H2,1H3,(H3,21,22,23);1H. The largest absolute Gasteiger partial charge is 0.497 e. The summed E-state index contributed by atoms with van der Waals surface area (Å²) < 4.78 is 34.6. The Hall–Kier alpha value is -1.52. The molecule has 0 heterocycles. The van der Waals surface area contributed by atoms with E-state index in [0.717, 1.165) is 0 Å². The highest BCUT2D eigenvalue weighted by molar-refractivity contribution is 14.0. The first-order valence-electron chi connectivity index (χ1n) is 7.02. The summed E-state index contributed by atoms with van der Waals surface area (Å²) in [4.78, 5) is 4.09. The Kier molecular flexibility index (Phi) is 9.17. The molecule has 0 unspecified atom stereocenters. The summed E-state index contributed by atoms with van der Waals surface area (Å²) in [5.41, 5.74) is 6.78. The van der Waals surface area contributed by atoms with Gasteiger partial charge in [0.1, 0.15) is 11.5 Å². The Morgan fingerprint density at radius 1 is 1.23 bits per heavy atom. The van der Waals surface area contributed by atoms with Crippen LogP contribution < -0.4 is 20.5 Å². The zero-order valence-electron chi connectivity index (χ0n) is 13.5. The highest BCUT2D eigenvalue weighted by Gasteiger charge is 2.15. The van der Waals surface area contributed by atoms with Crippen molar-refractivity contribution in [3.8, 4) is 11.5 Å². The van der Waals surface area contributed by atoms with Gasteiger partial charge >= 0.3 is 6.61 Å². The predicted octanol–water partition coefficient (Wildman–Crippen LogP) is 5.15. The molecule has 2 aromatic carbocycles. The number of nitrogens with zero attached hydrogens (tertiary/aromatic N) is 1. The van der Waals surface area contributed by atoms with E-state index in [-0.39, 0.29) is 57.8 Å². The monoisotopic (exact) mass is 517 g/mol. The summed E-state index contributed by atoms with van der Waals surface area (Å²) >= 11 is 11.8. The lowest BCUT2D eigenvalue weighted by Gasteiger charge is -2.12. The zero-order chi connectivity index (χ0) is 18.4. The van der Waals surface area contributed by atoms with Gasteiger partial charge < -0.3 is 20.5 Å². The van der Waals surface area contributed by atoms with E-state index in [1.165, 1.54) is 12.1 Å². The number of hydrogen-bond acceptors (Lipinski definition) is 3. The Balaban J connectivity index is 0.00000338. The van der Waals surface area contributed by atoms with Crippen molar-refractivity contribution in [2.75, 3.05) is 12.4 Å². The number of aliphatic imine (C=N–C) groups is 1. The maximum absolute atomic E-state index is 12.5. The molecule has 0 saturated heterocycles. The number of nitrogens with two attached hydrogens (primary N) is 1. The van der Waals surface area contributed by atoms with Gasteiger partial charge in [-0.2, -0.15) is 8.78 Å². The number of alkyl halides is 2. The van der Waals surface area contributed by atoms with Gasteiger partial charge in [-0.05, 0) is 36.4 Å². The van der Waals surface area contributed by atoms with Crippen molar-refractivity contribution >= 4 is 58.8 Å². The first-order chi connectivity index (χ1) is 11.9. The Morgan fingerprint density at radius 2 is 1.88 bits per heavy atom. The van der Waals surface area contributed by atoms with Gasteiger partial charge in [0.05, 0.1) is 18.7 Å². The number of ether oxygens (including phenoxy) is 2. The molecular formula is C16H16Cl2F2IN3O2. The SMILES string of the molecule is COc1ccc(NC(N)=NCc2cc(Cl)cc(Cl)c2OC(F)F)cc1.I. The van der Waals surface area contributed by atoms with E-state index in [1.807, 2.05) is 0 Å². The van der Waals surface area contributed by atoms with E-state index in [2.05, 4.69) is 15.0 Å². The second kappa shape index (κ2) is 10.6. The Morgan fingerprint density at radius 3 is 2.46 bits per heavy atom. The predicted molar refractivity (Wildman–Crippen MR) is 110 cm³/mol. The topological polar surface area (TPSA) is 68.9 Å². The third-order valence-electron chi connectivity index (χ3n) is 3.07.